The van der Waals surface area contributed by atoms with Crippen LogP contribution in [0.2, 0.25) is 0 Å². The summed E-state index contributed by atoms with van der Waals surface area (Å²) >= 11 is 0. The van der Waals surface area contributed by atoms with Crippen molar-refractivity contribution in [2.75, 3.05) is 20.7 Å². The molecule has 2 aliphatic carbocycles. The van der Waals surface area contributed by atoms with Gasteiger partial charge in [-0.2, -0.15) is 9.65 Å². The number of hydrogen-bond acceptors (Lipinski definition) is 10. The highest BCUT2D eigenvalue weighted by Crippen LogP contribution is 2.54. The third-order valence-electron chi connectivity index (χ3n) is 9.53. The summed E-state index contributed by atoms with van der Waals surface area (Å²) in [7, 11) is 3.28. The number of carbonyl (C=O) groups excluding carboxylic acids is 1. The first-order valence-corrected chi connectivity index (χ1v) is 16.3. The minimum atomic E-state index is -1.19. The Hall–Kier alpha value is -5.54. The Morgan fingerprint density at radius 1 is 1.04 bits per heavy atom. The monoisotopic (exact) mass is 680 g/mol. The first kappa shape index (κ1) is 33.0. The van der Waals surface area contributed by atoms with Crippen molar-refractivity contribution < 1.29 is 37.3 Å². The van der Waals surface area contributed by atoms with Crippen molar-refractivity contribution in [3.63, 3.8) is 0 Å². The molecule has 256 valence electrons. The van der Waals surface area contributed by atoms with E-state index in [4.69, 9.17) is 23.7 Å². The summed E-state index contributed by atoms with van der Waals surface area (Å²) in [6.45, 7) is 0.749. The molecule has 0 saturated heterocycles. The van der Waals surface area contributed by atoms with Gasteiger partial charge in [-0.3, -0.25) is 14.7 Å². The summed E-state index contributed by atoms with van der Waals surface area (Å²) in [6, 6.07) is 20.9. The quantitative estimate of drug-likeness (QED) is 0.148. The van der Waals surface area contributed by atoms with Gasteiger partial charge in [0.2, 0.25) is 11.6 Å². The van der Waals surface area contributed by atoms with Gasteiger partial charge in [-0.15, -0.1) is 0 Å². The van der Waals surface area contributed by atoms with Crippen LogP contribution in [-0.4, -0.2) is 48.4 Å². The number of aromatic nitrogens is 1. The Morgan fingerprint density at radius 2 is 1.86 bits per heavy atom. The second-order valence-corrected chi connectivity index (χ2v) is 12.8. The van der Waals surface area contributed by atoms with Crippen LogP contribution in [0.3, 0.4) is 0 Å². The Morgan fingerprint density at radius 3 is 2.62 bits per heavy atom. The Bertz CT molecular complexity index is 1990. The number of methoxy groups -OCH3 is 1. The fourth-order valence-corrected chi connectivity index (χ4v) is 7.05. The van der Waals surface area contributed by atoms with Crippen LogP contribution in [0.4, 0.5) is 8.78 Å². The molecule has 12 heteroatoms. The molecule has 2 bridgehead atoms. The lowest BCUT2D eigenvalue weighted by atomic mass is 9.87. The van der Waals surface area contributed by atoms with E-state index in [0.29, 0.717) is 24.3 Å². The van der Waals surface area contributed by atoms with Crippen molar-refractivity contribution in [3.05, 3.63) is 101 Å². The molecule has 4 unspecified atom stereocenters. The SMILES string of the molecule is COC(=O)C1CC2(Oc3ccc(Oc4c(F)cnc(Oc5cc(C#N)ccc5OCc5ccccc5)c4F)c(C4N=CCN4C)c3)CCC1C2. The van der Waals surface area contributed by atoms with Gasteiger partial charge in [0.15, 0.2) is 17.3 Å². The minimum absolute atomic E-state index is 0.0166. The van der Waals surface area contributed by atoms with E-state index in [0.717, 1.165) is 31.0 Å². The second-order valence-electron chi connectivity index (χ2n) is 12.8. The average Bonchev–Trinajstić information content (AvgIpc) is 3.86. The van der Waals surface area contributed by atoms with Crippen LogP contribution in [0.1, 0.15) is 48.5 Å². The van der Waals surface area contributed by atoms with E-state index in [1.165, 1.54) is 19.2 Å². The van der Waals surface area contributed by atoms with Crippen LogP contribution in [0, 0.1) is 34.8 Å². The van der Waals surface area contributed by atoms with E-state index in [1.54, 1.807) is 30.5 Å². The molecule has 3 aliphatic rings. The number of nitriles is 1. The van der Waals surface area contributed by atoms with E-state index in [-0.39, 0.29) is 47.2 Å². The van der Waals surface area contributed by atoms with Gasteiger partial charge in [0, 0.05) is 30.8 Å². The molecule has 0 spiro atoms. The molecule has 4 aromatic rings. The number of fused-ring (bicyclic) bond motifs is 2. The topological polar surface area (TPSA) is 116 Å². The van der Waals surface area contributed by atoms with Gasteiger partial charge in [0.1, 0.15) is 29.9 Å². The average molecular weight is 681 g/mol. The van der Waals surface area contributed by atoms with Crippen LogP contribution in [0.15, 0.2) is 77.9 Å². The number of halogens is 2. The molecule has 3 aromatic carbocycles. The molecule has 1 aromatic heterocycles. The maximum absolute atomic E-state index is 16.1. The number of carbonyl (C=O) groups is 1. The highest BCUT2D eigenvalue weighted by atomic mass is 19.1. The summed E-state index contributed by atoms with van der Waals surface area (Å²) in [5.41, 5.74) is 1.15. The van der Waals surface area contributed by atoms with Crippen LogP contribution in [0.25, 0.3) is 0 Å². The van der Waals surface area contributed by atoms with Gasteiger partial charge in [-0.25, -0.2) is 9.37 Å². The van der Waals surface area contributed by atoms with Gasteiger partial charge >= 0.3 is 5.97 Å². The number of nitrogens with zero attached hydrogens (tertiary/aromatic N) is 4. The number of benzene rings is 3. The zero-order valence-corrected chi connectivity index (χ0v) is 27.5. The van der Waals surface area contributed by atoms with E-state index in [1.807, 2.05) is 48.3 Å². The van der Waals surface area contributed by atoms with Crippen molar-refractivity contribution in [3.8, 4) is 40.7 Å². The number of hydrogen-bond donors (Lipinski definition) is 0. The number of pyridine rings is 1. The molecule has 4 atom stereocenters. The first-order valence-electron chi connectivity index (χ1n) is 16.3. The van der Waals surface area contributed by atoms with Gasteiger partial charge < -0.3 is 23.7 Å². The van der Waals surface area contributed by atoms with E-state index >= 15 is 8.78 Å². The zero-order chi connectivity index (χ0) is 34.8. The Kier molecular flexibility index (Phi) is 9.08. The second kappa shape index (κ2) is 13.8. The molecule has 7 rings (SSSR count). The molecule has 50 heavy (non-hydrogen) atoms. The standard InChI is InChI=1S/C38H34F2N4O6/c1-44-15-14-42-35(44)27-17-26(50-38-13-12-25(18-38)28(19-38)37(45)46-2)9-11-30(27)48-34-29(39)21-43-36(33(34)40)49-32-16-24(20-41)8-10-31(32)47-22-23-6-4-3-5-7-23/h3-11,14,16-17,21,25,28,35H,12-13,15,18-19,22H2,1-2H3. The fourth-order valence-electron chi connectivity index (χ4n) is 7.05. The fraction of sp³-hybridized carbons (Fsp3) is 0.316. The van der Waals surface area contributed by atoms with E-state index in [2.05, 4.69) is 9.98 Å². The number of ether oxygens (including phenoxy) is 5. The molecule has 0 amide bonds. The highest BCUT2D eigenvalue weighted by molar-refractivity contribution is 5.73. The lowest BCUT2D eigenvalue weighted by Crippen LogP contribution is -2.34. The largest absolute Gasteiger partial charge is 0.487 e. The lowest BCUT2D eigenvalue weighted by Gasteiger charge is -2.31. The molecule has 2 saturated carbocycles. The predicted molar refractivity (Wildman–Crippen MR) is 177 cm³/mol. The molecular weight excluding hydrogens is 646 g/mol. The molecule has 0 radical (unpaired) electrons. The normalized spacial score (nSPS) is 22.3. The van der Waals surface area contributed by atoms with Crippen molar-refractivity contribution in [2.24, 2.45) is 16.8 Å². The summed E-state index contributed by atoms with van der Waals surface area (Å²) in [5.74, 6) is -2.82. The van der Waals surface area contributed by atoms with Crippen LogP contribution in [0.5, 0.6) is 34.6 Å². The molecular formula is C38H34F2N4O6. The zero-order valence-electron chi connectivity index (χ0n) is 27.5. The maximum atomic E-state index is 16.1. The van der Waals surface area contributed by atoms with E-state index in [9.17, 15) is 10.1 Å². The molecule has 10 nitrogen and oxygen atoms in total. The molecule has 1 aliphatic heterocycles. The van der Waals surface area contributed by atoms with Crippen LogP contribution < -0.4 is 18.9 Å². The number of esters is 1. The van der Waals surface area contributed by atoms with Gasteiger partial charge in [0.25, 0.3) is 5.88 Å². The summed E-state index contributed by atoms with van der Waals surface area (Å²) in [4.78, 5) is 22.8. The van der Waals surface area contributed by atoms with Crippen molar-refractivity contribution in [2.45, 2.75) is 44.1 Å². The summed E-state index contributed by atoms with van der Waals surface area (Å²) in [5, 5.41) is 9.49. The number of aliphatic imine (C=N–C) groups is 1. The molecule has 2 heterocycles. The van der Waals surface area contributed by atoms with Gasteiger partial charge in [0.05, 0.1) is 30.9 Å². The third-order valence-corrected chi connectivity index (χ3v) is 9.53. The third kappa shape index (κ3) is 6.56. The summed E-state index contributed by atoms with van der Waals surface area (Å²) < 4.78 is 60.7. The van der Waals surface area contributed by atoms with Crippen molar-refractivity contribution in [1.82, 2.24) is 9.88 Å². The van der Waals surface area contributed by atoms with Crippen LogP contribution >= 0.6 is 0 Å². The summed E-state index contributed by atoms with van der Waals surface area (Å²) in [6.07, 6.45) is 5.04. The number of rotatable bonds is 11. The predicted octanol–water partition coefficient (Wildman–Crippen LogP) is 7.52. The Balaban J connectivity index is 1.17. The minimum Gasteiger partial charge on any atom is -0.487 e. The molecule has 0 N–H and O–H groups in total. The maximum Gasteiger partial charge on any atom is 0.309 e. The van der Waals surface area contributed by atoms with Gasteiger partial charge in [-0.05, 0) is 68.1 Å². The smallest absolute Gasteiger partial charge is 0.309 e. The van der Waals surface area contributed by atoms with Gasteiger partial charge in [-0.1, -0.05) is 30.3 Å². The molecule has 2 fully saturated rings. The first-order chi connectivity index (χ1) is 24.3. The van der Waals surface area contributed by atoms with Crippen molar-refractivity contribution >= 4 is 12.2 Å². The van der Waals surface area contributed by atoms with Crippen LogP contribution in [-0.2, 0) is 16.1 Å². The Labute approximate surface area is 287 Å². The highest BCUT2D eigenvalue weighted by Gasteiger charge is 2.55. The van der Waals surface area contributed by atoms with Crippen molar-refractivity contribution in [1.29, 1.82) is 5.26 Å². The lowest BCUT2D eigenvalue weighted by molar-refractivity contribution is -0.147. The van der Waals surface area contributed by atoms with E-state index < -0.39 is 35.0 Å².